The Bertz CT molecular complexity index is 977. The van der Waals surface area contributed by atoms with Crippen LogP contribution in [0.4, 0.5) is 16.2 Å². The van der Waals surface area contributed by atoms with Crippen LogP contribution in [0.2, 0.25) is 10.0 Å². The van der Waals surface area contributed by atoms with Crippen LogP contribution in [0.15, 0.2) is 36.4 Å². The summed E-state index contributed by atoms with van der Waals surface area (Å²) in [6.07, 6.45) is -0.523. The highest BCUT2D eigenvalue weighted by Crippen LogP contribution is 2.31. The second kappa shape index (κ2) is 8.62. The number of carbonyl (C=O) groups excluding carboxylic acids is 2. The predicted molar refractivity (Wildman–Crippen MR) is 116 cm³/mol. The summed E-state index contributed by atoms with van der Waals surface area (Å²) >= 11 is 12.1. The van der Waals surface area contributed by atoms with E-state index >= 15 is 0 Å². The molecule has 0 N–H and O–H groups in total. The Morgan fingerprint density at radius 3 is 2.60 bits per heavy atom. The molecule has 0 spiro atoms. The fraction of sp³-hybridized carbons (Fsp3) is 0.333. The molecule has 0 aromatic heterocycles. The number of amides is 2. The Kier molecular flexibility index (Phi) is 5.92. The van der Waals surface area contributed by atoms with Gasteiger partial charge >= 0.3 is 6.09 Å². The van der Waals surface area contributed by atoms with Crippen LogP contribution in [-0.4, -0.2) is 56.7 Å². The molecule has 1 fully saturated rings. The first-order chi connectivity index (χ1) is 14.5. The quantitative estimate of drug-likeness (QED) is 0.709. The summed E-state index contributed by atoms with van der Waals surface area (Å²) in [5.41, 5.74) is 2.45. The maximum Gasteiger partial charge on any atom is 0.415 e. The molecule has 30 heavy (non-hydrogen) atoms. The normalized spacial score (nSPS) is 16.2. The highest BCUT2D eigenvalue weighted by Gasteiger charge is 2.30. The molecule has 2 aliphatic rings. The number of carbonyl (C=O) groups is 2. The van der Waals surface area contributed by atoms with Crippen LogP contribution in [0.3, 0.4) is 0 Å². The zero-order chi connectivity index (χ0) is 21.3. The predicted octanol–water partition coefficient (Wildman–Crippen LogP) is 3.81. The van der Waals surface area contributed by atoms with E-state index in [0.717, 1.165) is 11.3 Å². The van der Waals surface area contributed by atoms with Crippen LogP contribution < -0.4 is 14.5 Å². The lowest BCUT2D eigenvalue weighted by molar-refractivity contribution is -0.130. The van der Waals surface area contributed by atoms with Crippen LogP contribution in [0, 0.1) is 0 Å². The first-order valence-corrected chi connectivity index (χ1v) is 10.3. The van der Waals surface area contributed by atoms with Crippen molar-refractivity contribution < 1.29 is 19.1 Å². The smallest absolute Gasteiger partial charge is 0.415 e. The van der Waals surface area contributed by atoms with E-state index in [-0.39, 0.29) is 19.1 Å². The number of rotatable bonds is 4. The number of ether oxygens (including phenoxy) is 2. The molecule has 0 atom stereocenters. The Balaban J connectivity index is 1.40. The summed E-state index contributed by atoms with van der Waals surface area (Å²) in [6.45, 7) is 2.55. The average molecular weight is 450 g/mol. The number of fused-ring (bicyclic) bond motifs is 1. The van der Waals surface area contributed by atoms with Crippen LogP contribution in [0.25, 0.3) is 0 Å². The molecule has 2 aromatic rings. The van der Waals surface area contributed by atoms with E-state index in [1.807, 2.05) is 12.1 Å². The van der Waals surface area contributed by atoms with Crippen LogP contribution in [-0.2, 0) is 16.1 Å². The van der Waals surface area contributed by atoms with Crippen molar-refractivity contribution in [2.45, 2.75) is 6.61 Å². The van der Waals surface area contributed by atoms with Crippen molar-refractivity contribution in [3.05, 3.63) is 52.0 Å². The van der Waals surface area contributed by atoms with E-state index in [0.29, 0.717) is 47.7 Å². The Morgan fingerprint density at radius 1 is 1.10 bits per heavy atom. The van der Waals surface area contributed by atoms with Crippen molar-refractivity contribution >= 4 is 46.6 Å². The number of benzene rings is 2. The van der Waals surface area contributed by atoms with E-state index in [9.17, 15) is 9.59 Å². The van der Waals surface area contributed by atoms with Crippen molar-refractivity contribution in [1.82, 2.24) is 4.90 Å². The summed E-state index contributed by atoms with van der Waals surface area (Å²) in [7, 11) is 1.58. The molecule has 1 saturated heterocycles. The SMILES string of the molecule is COc1cc(N2CCN(C(=O)CN3C(=O)OCc4cc(Cl)ccc43)CC2)ccc1Cl. The van der Waals surface area contributed by atoms with Gasteiger partial charge in [-0.25, -0.2) is 4.79 Å². The van der Waals surface area contributed by atoms with Crippen LogP contribution >= 0.6 is 23.2 Å². The number of halogens is 2. The van der Waals surface area contributed by atoms with E-state index in [1.165, 1.54) is 4.90 Å². The molecule has 2 heterocycles. The van der Waals surface area contributed by atoms with Gasteiger partial charge in [0.25, 0.3) is 0 Å². The molecular formula is C21H21Cl2N3O4. The maximum absolute atomic E-state index is 12.9. The molecule has 7 nitrogen and oxygen atoms in total. The zero-order valence-corrected chi connectivity index (χ0v) is 17.9. The maximum atomic E-state index is 12.9. The average Bonchev–Trinajstić information content (AvgIpc) is 2.76. The number of cyclic esters (lactones) is 1. The Labute approximate surface area is 184 Å². The first-order valence-electron chi connectivity index (χ1n) is 9.55. The zero-order valence-electron chi connectivity index (χ0n) is 16.4. The van der Waals surface area contributed by atoms with Crippen LogP contribution in [0.1, 0.15) is 5.56 Å². The molecule has 4 rings (SSSR count). The summed E-state index contributed by atoms with van der Waals surface area (Å²) in [5.74, 6) is 0.498. The van der Waals surface area contributed by atoms with Gasteiger partial charge in [-0.2, -0.15) is 0 Å². The third-order valence-electron chi connectivity index (χ3n) is 5.33. The van der Waals surface area contributed by atoms with Crippen molar-refractivity contribution in [3.63, 3.8) is 0 Å². The minimum absolute atomic E-state index is 0.0672. The third-order valence-corrected chi connectivity index (χ3v) is 5.88. The van der Waals surface area contributed by atoms with Gasteiger partial charge in [-0.3, -0.25) is 9.69 Å². The second-order valence-electron chi connectivity index (χ2n) is 7.10. The van der Waals surface area contributed by atoms with E-state index in [4.69, 9.17) is 32.7 Å². The number of nitrogens with zero attached hydrogens (tertiary/aromatic N) is 3. The molecular weight excluding hydrogens is 429 g/mol. The first kappa shape index (κ1) is 20.6. The molecule has 2 aliphatic heterocycles. The van der Waals surface area contributed by atoms with Gasteiger partial charge in [0.05, 0.1) is 17.8 Å². The standard InChI is InChI=1S/C21H21Cl2N3O4/c1-29-19-11-16(3-4-17(19)23)24-6-8-25(9-7-24)20(27)12-26-18-5-2-15(22)10-14(18)13-30-21(26)28/h2-5,10-11H,6-9,12-13H2,1H3. The number of hydrogen-bond donors (Lipinski definition) is 0. The van der Waals surface area contributed by atoms with E-state index < -0.39 is 6.09 Å². The van der Waals surface area contributed by atoms with E-state index in [1.54, 1.807) is 36.3 Å². The minimum atomic E-state index is -0.523. The molecule has 2 aromatic carbocycles. The molecule has 2 amide bonds. The number of piperazine rings is 1. The second-order valence-corrected chi connectivity index (χ2v) is 7.94. The van der Waals surface area contributed by atoms with Crippen molar-refractivity contribution in [2.24, 2.45) is 0 Å². The topological polar surface area (TPSA) is 62.3 Å². The minimum Gasteiger partial charge on any atom is -0.495 e. The number of hydrogen-bond acceptors (Lipinski definition) is 5. The molecule has 9 heteroatoms. The van der Waals surface area contributed by atoms with Gasteiger partial charge < -0.3 is 19.3 Å². The molecule has 0 bridgehead atoms. The Morgan fingerprint density at radius 2 is 1.87 bits per heavy atom. The molecule has 0 radical (unpaired) electrons. The van der Waals surface area contributed by atoms with Gasteiger partial charge in [0.1, 0.15) is 18.9 Å². The highest BCUT2D eigenvalue weighted by atomic mass is 35.5. The van der Waals surface area contributed by atoms with Gasteiger partial charge in [0.15, 0.2) is 0 Å². The molecule has 0 unspecified atom stereocenters. The van der Waals surface area contributed by atoms with Gasteiger partial charge in [0, 0.05) is 48.5 Å². The summed E-state index contributed by atoms with van der Waals surface area (Å²) in [5, 5.41) is 1.12. The van der Waals surface area contributed by atoms with Crippen molar-refractivity contribution in [2.75, 3.05) is 49.6 Å². The molecule has 0 saturated carbocycles. The van der Waals surface area contributed by atoms with E-state index in [2.05, 4.69) is 4.90 Å². The fourth-order valence-electron chi connectivity index (χ4n) is 3.69. The van der Waals surface area contributed by atoms with Gasteiger partial charge in [0.2, 0.25) is 5.91 Å². The monoisotopic (exact) mass is 449 g/mol. The van der Waals surface area contributed by atoms with Crippen LogP contribution in [0.5, 0.6) is 5.75 Å². The lowest BCUT2D eigenvalue weighted by Crippen LogP contribution is -2.52. The summed E-state index contributed by atoms with van der Waals surface area (Å²) in [4.78, 5) is 30.4. The Hall–Kier alpha value is -2.64. The number of methoxy groups -OCH3 is 1. The fourth-order valence-corrected chi connectivity index (χ4v) is 4.08. The van der Waals surface area contributed by atoms with Crippen molar-refractivity contribution in [3.8, 4) is 5.75 Å². The number of anilines is 2. The molecule has 0 aliphatic carbocycles. The summed E-state index contributed by atoms with van der Waals surface area (Å²) < 4.78 is 10.5. The van der Waals surface area contributed by atoms with Gasteiger partial charge in [-0.15, -0.1) is 0 Å². The largest absolute Gasteiger partial charge is 0.495 e. The van der Waals surface area contributed by atoms with Gasteiger partial charge in [-0.1, -0.05) is 23.2 Å². The van der Waals surface area contributed by atoms with Gasteiger partial charge in [-0.05, 0) is 30.3 Å². The lowest BCUT2D eigenvalue weighted by Gasteiger charge is -2.37. The van der Waals surface area contributed by atoms with Crippen molar-refractivity contribution in [1.29, 1.82) is 0 Å². The highest BCUT2D eigenvalue weighted by molar-refractivity contribution is 6.32. The molecule has 158 valence electrons. The third kappa shape index (κ3) is 4.13. The summed E-state index contributed by atoms with van der Waals surface area (Å²) in [6, 6.07) is 10.8. The lowest BCUT2D eigenvalue weighted by atomic mass is 10.1.